The number of rotatable bonds is 2. The van der Waals surface area contributed by atoms with Crippen molar-refractivity contribution in [2.45, 2.75) is 0 Å². The Balaban J connectivity index is 2.17. The van der Waals surface area contributed by atoms with E-state index in [2.05, 4.69) is 20.3 Å². The molecule has 1 amide bonds. The number of hydrogen-bond acceptors (Lipinski definition) is 4. The van der Waals surface area contributed by atoms with Crippen molar-refractivity contribution in [3.05, 3.63) is 46.5 Å². The van der Waals surface area contributed by atoms with E-state index in [1.165, 1.54) is 30.6 Å². The molecule has 0 fully saturated rings. The third-order valence-corrected chi connectivity index (χ3v) is 2.25. The molecule has 0 aliphatic carbocycles. The normalized spacial score (nSPS) is 10.0. The van der Waals surface area contributed by atoms with Gasteiger partial charge in [0.2, 0.25) is 5.95 Å². The van der Waals surface area contributed by atoms with Crippen LogP contribution in [0.3, 0.4) is 0 Å². The average Bonchev–Trinajstić information content (AvgIpc) is 2.29. The highest BCUT2D eigenvalue weighted by molar-refractivity contribution is 6.30. The highest BCUT2D eigenvalue weighted by atomic mass is 35.5. The number of aromatic nitrogens is 3. The number of pyridine rings is 1. The summed E-state index contributed by atoms with van der Waals surface area (Å²) in [5.74, 6) is -0.244. The summed E-state index contributed by atoms with van der Waals surface area (Å²) in [6.45, 7) is 0. The van der Waals surface area contributed by atoms with Crippen molar-refractivity contribution in [1.29, 1.82) is 0 Å². The molecule has 2 aromatic heterocycles. The number of carbonyl (C=O) groups is 1. The van der Waals surface area contributed by atoms with E-state index in [1.807, 2.05) is 0 Å². The lowest BCUT2D eigenvalue weighted by atomic mass is 10.2. The molecule has 0 radical (unpaired) electrons. The molecule has 0 unspecified atom stereocenters. The molecule has 0 saturated heterocycles. The molecule has 7 heteroatoms. The maximum Gasteiger partial charge on any atom is 0.258 e. The van der Waals surface area contributed by atoms with E-state index in [4.69, 9.17) is 23.2 Å². The second kappa shape index (κ2) is 5.07. The number of carbonyl (C=O) groups excluding carboxylic acids is 1. The summed E-state index contributed by atoms with van der Waals surface area (Å²) in [6, 6.07) is 4.49. The van der Waals surface area contributed by atoms with Gasteiger partial charge in [0.15, 0.2) is 0 Å². The van der Waals surface area contributed by atoms with E-state index in [1.54, 1.807) is 0 Å². The van der Waals surface area contributed by atoms with E-state index >= 15 is 0 Å². The minimum Gasteiger partial charge on any atom is -0.290 e. The molecule has 0 aromatic carbocycles. The lowest BCUT2D eigenvalue weighted by molar-refractivity contribution is 0.102. The molecule has 2 heterocycles. The van der Waals surface area contributed by atoms with Gasteiger partial charge >= 0.3 is 0 Å². The van der Waals surface area contributed by atoms with Crippen LogP contribution in [0.5, 0.6) is 0 Å². The first-order valence-corrected chi connectivity index (χ1v) is 5.32. The Kier molecular flexibility index (Phi) is 3.51. The van der Waals surface area contributed by atoms with Gasteiger partial charge in [-0.2, -0.15) is 0 Å². The zero-order valence-corrected chi connectivity index (χ0v) is 9.90. The van der Waals surface area contributed by atoms with Gasteiger partial charge in [0.1, 0.15) is 10.3 Å². The van der Waals surface area contributed by atoms with E-state index in [-0.39, 0.29) is 22.2 Å². The first kappa shape index (κ1) is 11.8. The van der Waals surface area contributed by atoms with Gasteiger partial charge in [-0.3, -0.25) is 10.1 Å². The Morgan fingerprint density at radius 2 is 1.88 bits per heavy atom. The predicted octanol–water partition coefficient (Wildman–Crippen LogP) is 2.43. The van der Waals surface area contributed by atoms with Crippen LogP contribution in [0, 0.1) is 0 Å². The number of halogens is 2. The summed E-state index contributed by atoms with van der Waals surface area (Å²) in [6.07, 6.45) is 2.89. The van der Waals surface area contributed by atoms with Crippen molar-refractivity contribution < 1.29 is 4.79 Å². The van der Waals surface area contributed by atoms with Gasteiger partial charge in [0.05, 0.1) is 0 Å². The second-order valence-corrected chi connectivity index (χ2v) is 3.80. The second-order valence-electron chi connectivity index (χ2n) is 3.02. The molecule has 0 atom stereocenters. The molecule has 1 N–H and O–H groups in total. The van der Waals surface area contributed by atoms with Gasteiger partial charge in [-0.25, -0.2) is 15.0 Å². The molecular formula is C10H6Cl2N4O. The minimum absolute atomic E-state index is 0.135. The minimum atomic E-state index is -0.378. The van der Waals surface area contributed by atoms with Crippen LogP contribution in [0.2, 0.25) is 10.3 Å². The third kappa shape index (κ3) is 3.12. The van der Waals surface area contributed by atoms with Crippen molar-refractivity contribution >= 4 is 35.1 Å². The molecule has 17 heavy (non-hydrogen) atoms. The summed E-state index contributed by atoms with van der Waals surface area (Å²) in [5, 5.41) is 2.99. The standard InChI is InChI=1S/C10H6Cl2N4O/c11-7-2-4-14-10(15-7)16-9(17)6-1-3-13-8(12)5-6/h1-5H,(H,14,15,16,17). The molecule has 2 aromatic rings. The lowest BCUT2D eigenvalue weighted by Crippen LogP contribution is -2.14. The number of hydrogen-bond donors (Lipinski definition) is 1. The van der Waals surface area contributed by atoms with Crippen LogP contribution in [0.1, 0.15) is 10.4 Å². The third-order valence-electron chi connectivity index (χ3n) is 1.84. The topological polar surface area (TPSA) is 67.8 Å². The average molecular weight is 269 g/mol. The number of nitrogens with zero attached hydrogens (tertiary/aromatic N) is 3. The van der Waals surface area contributed by atoms with E-state index in [0.29, 0.717) is 5.56 Å². The predicted molar refractivity (Wildman–Crippen MR) is 64.2 cm³/mol. The monoisotopic (exact) mass is 268 g/mol. The SMILES string of the molecule is O=C(Nc1nccc(Cl)n1)c1ccnc(Cl)c1. The molecule has 0 bridgehead atoms. The van der Waals surface area contributed by atoms with Crippen LogP contribution in [-0.2, 0) is 0 Å². The molecule has 5 nitrogen and oxygen atoms in total. The molecule has 0 aliphatic rings. The van der Waals surface area contributed by atoms with Crippen LogP contribution in [0.25, 0.3) is 0 Å². The van der Waals surface area contributed by atoms with Crippen LogP contribution in [-0.4, -0.2) is 20.9 Å². The fourth-order valence-corrected chi connectivity index (χ4v) is 1.42. The molecule has 0 saturated carbocycles. The molecule has 2 rings (SSSR count). The molecule has 0 spiro atoms. The summed E-state index contributed by atoms with van der Waals surface area (Å²) in [5.41, 5.74) is 0.369. The van der Waals surface area contributed by atoms with Gasteiger partial charge in [0, 0.05) is 18.0 Å². The quantitative estimate of drug-likeness (QED) is 0.671. The Morgan fingerprint density at radius 3 is 2.59 bits per heavy atom. The number of nitrogens with one attached hydrogen (secondary N) is 1. The first-order valence-electron chi connectivity index (χ1n) is 4.56. The van der Waals surface area contributed by atoms with Gasteiger partial charge in [0.25, 0.3) is 5.91 Å². The Labute approximate surface area is 107 Å². The molecular weight excluding hydrogens is 263 g/mol. The van der Waals surface area contributed by atoms with Gasteiger partial charge in [-0.1, -0.05) is 23.2 Å². The highest BCUT2D eigenvalue weighted by Crippen LogP contribution is 2.10. The summed E-state index contributed by atoms with van der Waals surface area (Å²) in [7, 11) is 0. The van der Waals surface area contributed by atoms with Gasteiger partial charge in [-0.05, 0) is 18.2 Å². The van der Waals surface area contributed by atoms with E-state index in [9.17, 15) is 4.79 Å². The fraction of sp³-hybridized carbons (Fsp3) is 0. The van der Waals surface area contributed by atoms with Gasteiger partial charge < -0.3 is 0 Å². The Morgan fingerprint density at radius 1 is 1.12 bits per heavy atom. The van der Waals surface area contributed by atoms with Crippen LogP contribution >= 0.6 is 23.2 Å². The van der Waals surface area contributed by atoms with Gasteiger partial charge in [-0.15, -0.1) is 0 Å². The largest absolute Gasteiger partial charge is 0.290 e. The molecule has 86 valence electrons. The Hall–Kier alpha value is -1.72. The summed E-state index contributed by atoms with van der Waals surface area (Å²) < 4.78 is 0. The van der Waals surface area contributed by atoms with Crippen molar-refractivity contribution in [1.82, 2.24) is 15.0 Å². The van der Waals surface area contributed by atoms with E-state index in [0.717, 1.165) is 0 Å². The van der Waals surface area contributed by atoms with Crippen LogP contribution in [0.4, 0.5) is 5.95 Å². The molecule has 0 aliphatic heterocycles. The zero-order valence-electron chi connectivity index (χ0n) is 8.39. The van der Waals surface area contributed by atoms with E-state index < -0.39 is 0 Å². The fourth-order valence-electron chi connectivity index (χ4n) is 1.11. The zero-order chi connectivity index (χ0) is 12.3. The van der Waals surface area contributed by atoms with Crippen molar-refractivity contribution in [2.24, 2.45) is 0 Å². The van der Waals surface area contributed by atoms with Crippen molar-refractivity contribution in [2.75, 3.05) is 5.32 Å². The summed E-state index contributed by atoms with van der Waals surface area (Å²) in [4.78, 5) is 23.2. The number of anilines is 1. The Bertz CT molecular complexity index is 562. The first-order chi connectivity index (χ1) is 8.15. The maximum absolute atomic E-state index is 11.8. The lowest BCUT2D eigenvalue weighted by Gasteiger charge is -2.03. The smallest absolute Gasteiger partial charge is 0.258 e. The summed E-state index contributed by atoms with van der Waals surface area (Å²) >= 11 is 11.3. The van der Waals surface area contributed by atoms with Crippen LogP contribution < -0.4 is 5.32 Å². The van der Waals surface area contributed by atoms with Crippen LogP contribution in [0.15, 0.2) is 30.6 Å². The number of amides is 1. The van der Waals surface area contributed by atoms with Crippen molar-refractivity contribution in [3.63, 3.8) is 0 Å². The maximum atomic E-state index is 11.8. The highest BCUT2D eigenvalue weighted by Gasteiger charge is 2.08. The van der Waals surface area contributed by atoms with Crippen molar-refractivity contribution in [3.8, 4) is 0 Å².